The predicted octanol–water partition coefficient (Wildman–Crippen LogP) is -1.76. The lowest BCUT2D eigenvalue weighted by atomic mass is 10.1. The molecule has 2 saturated heterocycles. The minimum absolute atomic E-state index is 0.00257. The Bertz CT molecular complexity index is 1840. The summed E-state index contributed by atoms with van der Waals surface area (Å²) in [7, 11) is -7.72. The van der Waals surface area contributed by atoms with E-state index in [4.69, 9.17) is 34.7 Å². The monoisotopic (exact) mass is 673 g/mol. The van der Waals surface area contributed by atoms with E-state index >= 15 is 0 Å². The number of nitrogens with one attached hydrogen (secondary N) is 1. The molecule has 45 heavy (non-hydrogen) atoms. The molecule has 0 aliphatic carbocycles. The van der Waals surface area contributed by atoms with Crippen molar-refractivity contribution in [3.63, 3.8) is 0 Å². The molecule has 6 heterocycles. The van der Waals surface area contributed by atoms with Gasteiger partial charge in [-0.15, -0.1) is 0 Å². The van der Waals surface area contributed by atoms with Crippen molar-refractivity contribution < 1.29 is 52.4 Å². The van der Waals surface area contributed by atoms with Crippen LogP contribution >= 0.6 is 15.9 Å². The summed E-state index contributed by atoms with van der Waals surface area (Å²) in [6, 6.07) is 0. The normalized spacial score (nSPS) is 28.6. The van der Waals surface area contributed by atoms with Crippen LogP contribution < -0.4 is 17.0 Å². The summed E-state index contributed by atoms with van der Waals surface area (Å²) >= 11 is 0. The topological polar surface area (TPSA) is 320 Å². The van der Waals surface area contributed by atoms with Gasteiger partial charge in [0.25, 0.3) is 11.9 Å². The number of hydrogen-bond acceptors (Lipinski definition) is 17. The smallest absolute Gasteiger partial charge is 0.394 e. The second-order valence-electron chi connectivity index (χ2n) is 10.0. The standard InChI is InChI=1S/C21H26N10O12P2/c22-15-11-16(25-4-24-15)30(5-26-11)20-13(33)14(39-7-44(35)36)10(42-20)3-40-45(37,38)43-9-1-8(2-32)41-19(9)31-6-27-12-17(31)28-21(23)29-18(12)34/h4-6,8-10,13-14,19-20,32-33H,1-3,7H2,(H6-,22,23,24,25,28,29,34,35,36,37,38)/p+1. The maximum Gasteiger partial charge on any atom is 0.534 e. The van der Waals surface area contributed by atoms with Gasteiger partial charge in [-0.2, -0.15) is 9.88 Å². The highest BCUT2D eigenvalue weighted by Gasteiger charge is 2.49. The molecule has 242 valence electrons. The van der Waals surface area contributed by atoms with Gasteiger partial charge < -0.3 is 40.8 Å². The highest BCUT2D eigenvalue weighted by molar-refractivity contribution is 7.47. The lowest BCUT2D eigenvalue weighted by Gasteiger charge is -2.24. The minimum Gasteiger partial charge on any atom is -0.394 e. The first-order valence-corrected chi connectivity index (χ1v) is 16.0. The fourth-order valence-corrected chi connectivity index (χ4v) is 6.40. The number of ether oxygens (including phenoxy) is 3. The second kappa shape index (κ2) is 12.3. The number of rotatable bonds is 11. The first-order chi connectivity index (χ1) is 21.5. The summed E-state index contributed by atoms with van der Waals surface area (Å²) in [6.45, 7) is -1.16. The van der Waals surface area contributed by atoms with Gasteiger partial charge in [-0.3, -0.25) is 28.0 Å². The lowest BCUT2D eigenvalue weighted by molar-refractivity contribution is -0.0647. The fraction of sp³-hybridized carbons (Fsp3) is 0.524. The zero-order valence-corrected chi connectivity index (χ0v) is 24.6. The van der Waals surface area contributed by atoms with E-state index in [1.165, 1.54) is 28.1 Å². The van der Waals surface area contributed by atoms with Gasteiger partial charge in [0.2, 0.25) is 5.95 Å². The Balaban J connectivity index is 1.20. The van der Waals surface area contributed by atoms with E-state index in [-0.39, 0.29) is 40.5 Å². The number of fused-ring (bicyclic) bond motifs is 2. The molecule has 0 spiro atoms. The van der Waals surface area contributed by atoms with Crippen LogP contribution in [0.5, 0.6) is 0 Å². The maximum absolute atomic E-state index is 13.2. The summed E-state index contributed by atoms with van der Waals surface area (Å²) < 4.78 is 54.9. The van der Waals surface area contributed by atoms with Gasteiger partial charge in [0.1, 0.15) is 36.3 Å². The van der Waals surface area contributed by atoms with Crippen LogP contribution in [-0.4, -0.2) is 109 Å². The molecule has 22 nitrogen and oxygen atoms in total. The largest absolute Gasteiger partial charge is 0.534 e. The number of nitrogens with two attached hydrogens (primary N) is 2. The zero-order chi connectivity index (χ0) is 32.0. The predicted molar refractivity (Wildman–Crippen MR) is 148 cm³/mol. The van der Waals surface area contributed by atoms with Crippen molar-refractivity contribution in [2.75, 3.05) is 31.0 Å². The van der Waals surface area contributed by atoms with Crippen LogP contribution in [0.2, 0.25) is 0 Å². The van der Waals surface area contributed by atoms with Crippen molar-refractivity contribution in [3.8, 4) is 0 Å². The quantitative estimate of drug-likeness (QED) is 0.0867. The van der Waals surface area contributed by atoms with E-state index in [2.05, 4.69) is 29.9 Å². The molecule has 4 aromatic rings. The number of nitrogen functional groups attached to an aromatic ring is 2. The number of phosphoric ester groups is 1. The average Bonchev–Trinajstić information content (AvgIpc) is 3.75. The minimum atomic E-state index is -4.95. The van der Waals surface area contributed by atoms with Crippen LogP contribution in [0.1, 0.15) is 18.9 Å². The van der Waals surface area contributed by atoms with Crippen molar-refractivity contribution in [3.05, 3.63) is 29.3 Å². The van der Waals surface area contributed by atoms with Gasteiger partial charge in [-0.1, -0.05) is 0 Å². The molecule has 9 N–H and O–H groups in total. The van der Waals surface area contributed by atoms with Gasteiger partial charge >= 0.3 is 15.9 Å². The number of nitrogens with zero attached hydrogens (tertiary/aromatic N) is 7. The van der Waals surface area contributed by atoms with E-state index in [1.807, 2.05) is 0 Å². The summed E-state index contributed by atoms with van der Waals surface area (Å²) in [5.74, 6) is -0.138. The number of H-pyrrole nitrogens is 1. The Morgan fingerprint density at radius 1 is 1.11 bits per heavy atom. The molecule has 4 aromatic heterocycles. The van der Waals surface area contributed by atoms with Crippen LogP contribution in [0.3, 0.4) is 0 Å². The number of imidazole rings is 2. The van der Waals surface area contributed by atoms with E-state index < -0.39 is 83.9 Å². The molecule has 9 atom stereocenters. The number of aromatic nitrogens is 8. The summed E-state index contributed by atoms with van der Waals surface area (Å²) in [4.78, 5) is 54.6. The van der Waals surface area contributed by atoms with Crippen molar-refractivity contribution in [2.45, 2.75) is 49.4 Å². The number of hydrogen-bond donors (Lipinski definition) is 7. The third-order valence-electron chi connectivity index (χ3n) is 7.09. The number of aliphatic hydroxyl groups excluding tert-OH is 2. The van der Waals surface area contributed by atoms with Crippen molar-refractivity contribution in [2.24, 2.45) is 0 Å². The Morgan fingerprint density at radius 3 is 2.58 bits per heavy atom. The Labute approximate surface area is 251 Å². The van der Waals surface area contributed by atoms with Gasteiger partial charge in [0.05, 0.1) is 32.0 Å². The first kappa shape index (κ1) is 31.5. The molecule has 0 amide bonds. The number of phosphoric acid groups is 1. The van der Waals surface area contributed by atoms with E-state index in [9.17, 15) is 33.9 Å². The van der Waals surface area contributed by atoms with E-state index in [1.54, 1.807) is 0 Å². The molecule has 0 bridgehead atoms. The molecule has 2 aliphatic heterocycles. The van der Waals surface area contributed by atoms with Crippen LogP contribution in [0, 0.1) is 0 Å². The van der Waals surface area contributed by atoms with E-state index in [0.29, 0.717) is 0 Å². The van der Waals surface area contributed by atoms with Crippen LogP contribution in [0.25, 0.3) is 22.3 Å². The Morgan fingerprint density at radius 2 is 1.84 bits per heavy atom. The van der Waals surface area contributed by atoms with Gasteiger partial charge in [-0.05, 0) is 4.57 Å². The molecule has 0 saturated carbocycles. The SMILES string of the molecule is Nc1nc2c(ncn2C2OC(CO)CC2OP(=O)(O)OCC2OC(n3cnc4c(N)ncnc43)C(O)C2OC[P+](=O)O)c(=O)[nH]1. The lowest BCUT2D eigenvalue weighted by Crippen LogP contribution is -2.36. The summed E-state index contributed by atoms with van der Waals surface area (Å²) in [6.07, 6.45) is -5.60. The third-order valence-corrected chi connectivity index (χ3v) is 8.47. The molecule has 2 fully saturated rings. The molecule has 9 unspecified atom stereocenters. The molecule has 6 rings (SSSR count). The van der Waals surface area contributed by atoms with Crippen LogP contribution in [-0.2, 0) is 32.4 Å². The molecular formula is C21H27N10O12P2+. The fourth-order valence-electron chi connectivity index (χ4n) is 5.17. The van der Waals surface area contributed by atoms with E-state index in [0.717, 1.165) is 0 Å². The Hall–Kier alpha value is -3.53. The molecule has 0 aromatic carbocycles. The average molecular weight is 673 g/mol. The van der Waals surface area contributed by atoms with Crippen molar-refractivity contribution in [1.82, 2.24) is 39.0 Å². The molecule has 2 aliphatic rings. The number of aliphatic hydroxyl groups is 2. The number of anilines is 2. The first-order valence-electron chi connectivity index (χ1n) is 13.1. The summed E-state index contributed by atoms with van der Waals surface area (Å²) in [5.41, 5.74) is 11.2. The third kappa shape index (κ3) is 6.18. The Kier molecular flexibility index (Phi) is 8.63. The zero-order valence-electron chi connectivity index (χ0n) is 22.8. The number of aromatic amines is 1. The van der Waals surface area contributed by atoms with Crippen molar-refractivity contribution in [1.29, 1.82) is 0 Å². The van der Waals surface area contributed by atoms with Gasteiger partial charge in [0, 0.05) is 6.42 Å². The summed E-state index contributed by atoms with van der Waals surface area (Å²) in [5, 5.41) is 20.8. The van der Waals surface area contributed by atoms with Crippen LogP contribution in [0.15, 0.2) is 23.8 Å². The molecule has 0 radical (unpaired) electrons. The molecular weight excluding hydrogens is 646 g/mol. The van der Waals surface area contributed by atoms with Gasteiger partial charge in [0.15, 0.2) is 35.1 Å². The second-order valence-corrected chi connectivity index (χ2v) is 12.4. The van der Waals surface area contributed by atoms with Crippen LogP contribution in [0.4, 0.5) is 11.8 Å². The highest BCUT2D eigenvalue weighted by Crippen LogP contribution is 2.50. The molecule has 24 heteroatoms. The van der Waals surface area contributed by atoms with Gasteiger partial charge in [-0.25, -0.2) is 24.5 Å². The van der Waals surface area contributed by atoms with Crippen molar-refractivity contribution >= 4 is 49.9 Å². The maximum atomic E-state index is 13.2. The highest BCUT2D eigenvalue weighted by atomic mass is 31.2.